The van der Waals surface area contributed by atoms with Gasteiger partial charge in [-0.25, -0.2) is 4.79 Å². The summed E-state index contributed by atoms with van der Waals surface area (Å²) in [5, 5.41) is 4.46. The number of Topliss-reactive ketones (excluding diaryl/α,β-unsaturated/α-hetero) is 1. The molecule has 0 bridgehead atoms. The minimum atomic E-state index is -0.563. The minimum absolute atomic E-state index is 0.0940. The molecule has 0 saturated carbocycles. The van der Waals surface area contributed by atoms with Crippen LogP contribution in [0.3, 0.4) is 0 Å². The minimum Gasteiger partial charge on any atom is -0.454 e. The summed E-state index contributed by atoms with van der Waals surface area (Å²) in [7, 11) is 0. The molecule has 1 aliphatic heterocycles. The molecule has 0 unspecified atom stereocenters. The first kappa shape index (κ1) is 21.5. The third-order valence-corrected chi connectivity index (χ3v) is 5.67. The number of hydrogen-bond donors (Lipinski definition) is 0. The molecular formula is C25H25N3O4. The predicted octanol–water partition coefficient (Wildman–Crippen LogP) is 3.71. The topological polar surface area (TPSA) is 81.5 Å². The van der Waals surface area contributed by atoms with E-state index in [1.54, 1.807) is 40.8 Å². The lowest BCUT2D eigenvalue weighted by atomic mass is 10.1. The van der Waals surface area contributed by atoms with Crippen LogP contribution in [0.5, 0.6) is 0 Å². The summed E-state index contributed by atoms with van der Waals surface area (Å²) in [5.74, 6) is -0.770. The molecule has 0 spiro atoms. The van der Waals surface area contributed by atoms with Gasteiger partial charge in [-0.2, -0.15) is 5.10 Å². The number of aryl methyl sites for hydroxylation is 1. The van der Waals surface area contributed by atoms with Crippen molar-refractivity contribution in [2.45, 2.75) is 33.2 Å². The Kier molecular flexibility index (Phi) is 6.16. The maximum Gasteiger partial charge on any atom is 0.342 e. The first-order valence-corrected chi connectivity index (χ1v) is 10.6. The summed E-state index contributed by atoms with van der Waals surface area (Å²) in [6, 6.07) is 16.7. The molecule has 1 aliphatic rings. The summed E-state index contributed by atoms with van der Waals surface area (Å²) in [5.41, 5.74) is 3.93. The maximum atomic E-state index is 12.7. The highest BCUT2D eigenvalue weighted by Crippen LogP contribution is 2.22. The van der Waals surface area contributed by atoms with Crippen LogP contribution in [0, 0.1) is 13.8 Å². The predicted molar refractivity (Wildman–Crippen MR) is 120 cm³/mol. The molecule has 32 heavy (non-hydrogen) atoms. The lowest BCUT2D eigenvalue weighted by molar-refractivity contribution is -0.117. The summed E-state index contributed by atoms with van der Waals surface area (Å²) >= 11 is 0. The van der Waals surface area contributed by atoms with E-state index in [-0.39, 0.29) is 18.3 Å². The third-order valence-electron chi connectivity index (χ3n) is 5.67. The Labute approximate surface area is 186 Å². The Morgan fingerprint density at radius 2 is 1.75 bits per heavy atom. The van der Waals surface area contributed by atoms with Crippen molar-refractivity contribution in [1.82, 2.24) is 9.78 Å². The molecule has 1 fully saturated rings. The fraction of sp³-hybridized carbons (Fsp3) is 0.280. The van der Waals surface area contributed by atoms with E-state index in [0.29, 0.717) is 42.0 Å². The van der Waals surface area contributed by atoms with Crippen molar-refractivity contribution >= 4 is 23.3 Å². The monoisotopic (exact) mass is 431 g/mol. The zero-order valence-corrected chi connectivity index (χ0v) is 18.2. The molecule has 164 valence electrons. The van der Waals surface area contributed by atoms with Crippen molar-refractivity contribution in [1.29, 1.82) is 0 Å². The Hall–Kier alpha value is -3.74. The van der Waals surface area contributed by atoms with Gasteiger partial charge in [0.25, 0.3) is 0 Å². The summed E-state index contributed by atoms with van der Waals surface area (Å²) in [6.07, 6.45) is 1.40. The lowest BCUT2D eigenvalue weighted by Crippen LogP contribution is -2.23. The average molecular weight is 431 g/mol. The zero-order chi connectivity index (χ0) is 22.7. The van der Waals surface area contributed by atoms with Crippen LogP contribution in [0.1, 0.15) is 50.5 Å². The number of rotatable bonds is 7. The quantitative estimate of drug-likeness (QED) is 0.421. The second kappa shape index (κ2) is 9.18. The van der Waals surface area contributed by atoms with Crippen LogP contribution in [-0.4, -0.2) is 40.6 Å². The van der Waals surface area contributed by atoms with Crippen molar-refractivity contribution in [3.05, 3.63) is 82.7 Å². The number of ketones is 1. The molecular weight excluding hydrogens is 406 g/mol. The molecule has 1 aromatic heterocycles. The van der Waals surface area contributed by atoms with E-state index in [0.717, 1.165) is 17.7 Å². The van der Waals surface area contributed by atoms with Crippen LogP contribution in [0.4, 0.5) is 5.69 Å². The van der Waals surface area contributed by atoms with E-state index in [2.05, 4.69) is 5.10 Å². The summed E-state index contributed by atoms with van der Waals surface area (Å²) < 4.78 is 7.08. The van der Waals surface area contributed by atoms with Crippen LogP contribution in [0.2, 0.25) is 0 Å². The van der Waals surface area contributed by atoms with Gasteiger partial charge >= 0.3 is 5.97 Å². The van der Waals surface area contributed by atoms with E-state index in [9.17, 15) is 14.4 Å². The van der Waals surface area contributed by atoms with Crippen LogP contribution in [0.25, 0.3) is 0 Å². The molecule has 2 heterocycles. The van der Waals surface area contributed by atoms with Crippen molar-refractivity contribution < 1.29 is 19.1 Å². The van der Waals surface area contributed by atoms with E-state index >= 15 is 0 Å². The van der Waals surface area contributed by atoms with E-state index in [1.807, 2.05) is 37.3 Å². The van der Waals surface area contributed by atoms with Gasteiger partial charge in [0.2, 0.25) is 5.91 Å². The fourth-order valence-electron chi connectivity index (χ4n) is 3.94. The lowest BCUT2D eigenvalue weighted by Gasteiger charge is -2.15. The number of hydrogen-bond acceptors (Lipinski definition) is 5. The van der Waals surface area contributed by atoms with Crippen LogP contribution < -0.4 is 4.90 Å². The molecule has 7 heteroatoms. The molecule has 4 rings (SSSR count). The summed E-state index contributed by atoms with van der Waals surface area (Å²) in [4.78, 5) is 38.8. The molecule has 1 saturated heterocycles. The van der Waals surface area contributed by atoms with Crippen LogP contribution in [-0.2, 0) is 16.1 Å². The molecule has 7 nitrogen and oxygen atoms in total. The third kappa shape index (κ3) is 4.46. The van der Waals surface area contributed by atoms with Gasteiger partial charge in [-0.15, -0.1) is 0 Å². The highest BCUT2D eigenvalue weighted by atomic mass is 16.5. The fourth-order valence-corrected chi connectivity index (χ4v) is 3.94. The number of esters is 1. The second-order valence-electron chi connectivity index (χ2n) is 7.88. The number of carbonyl (C=O) groups is 3. The highest BCUT2D eigenvalue weighted by molar-refractivity contribution is 6.01. The Morgan fingerprint density at radius 3 is 2.41 bits per heavy atom. The Morgan fingerprint density at radius 1 is 1.03 bits per heavy atom. The van der Waals surface area contributed by atoms with E-state index in [1.165, 1.54) is 0 Å². The van der Waals surface area contributed by atoms with E-state index in [4.69, 9.17) is 4.74 Å². The van der Waals surface area contributed by atoms with Gasteiger partial charge < -0.3 is 9.64 Å². The van der Waals surface area contributed by atoms with Gasteiger partial charge in [-0.3, -0.25) is 14.3 Å². The largest absolute Gasteiger partial charge is 0.454 e. The molecule has 0 aliphatic carbocycles. The normalized spacial score (nSPS) is 13.4. The molecule has 0 atom stereocenters. The second-order valence-corrected chi connectivity index (χ2v) is 7.88. The molecule has 0 N–H and O–H groups in total. The first-order chi connectivity index (χ1) is 15.4. The maximum absolute atomic E-state index is 12.7. The number of benzene rings is 2. The van der Waals surface area contributed by atoms with Crippen molar-refractivity contribution in [3.63, 3.8) is 0 Å². The molecule has 1 amide bonds. The van der Waals surface area contributed by atoms with Crippen LogP contribution in [0.15, 0.2) is 54.6 Å². The van der Waals surface area contributed by atoms with E-state index < -0.39 is 5.97 Å². The highest BCUT2D eigenvalue weighted by Gasteiger charge is 2.23. The Bertz CT molecular complexity index is 1150. The standard InChI is InChI=1S/C25H25N3O4/c1-17-24(18(2)28(26-17)15-19-7-4-3-5-8-19)25(31)32-16-22(29)20-10-12-21(13-11-20)27-14-6-9-23(27)30/h3-5,7-8,10-13H,6,9,14-16H2,1-2H3. The van der Waals surface area contributed by atoms with Crippen molar-refractivity contribution in [2.75, 3.05) is 18.1 Å². The number of ether oxygens (including phenoxy) is 1. The average Bonchev–Trinajstić information content (AvgIpc) is 3.35. The zero-order valence-electron chi connectivity index (χ0n) is 18.2. The van der Waals surface area contributed by atoms with Gasteiger partial charge in [0.1, 0.15) is 5.56 Å². The summed E-state index contributed by atoms with van der Waals surface area (Å²) in [6.45, 7) is 4.46. The number of amides is 1. The van der Waals surface area contributed by atoms with Gasteiger partial charge in [0, 0.05) is 24.2 Å². The molecule has 2 aromatic carbocycles. The van der Waals surface area contributed by atoms with Crippen molar-refractivity contribution in [3.8, 4) is 0 Å². The Balaban J connectivity index is 1.39. The van der Waals surface area contributed by atoms with Gasteiger partial charge in [0.05, 0.1) is 17.9 Å². The molecule has 3 aromatic rings. The molecule has 0 radical (unpaired) electrons. The first-order valence-electron chi connectivity index (χ1n) is 10.6. The number of nitrogens with zero attached hydrogens (tertiary/aromatic N) is 3. The van der Waals surface area contributed by atoms with Crippen LogP contribution >= 0.6 is 0 Å². The van der Waals surface area contributed by atoms with Crippen molar-refractivity contribution in [2.24, 2.45) is 0 Å². The van der Waals surface area contributed by atoms with Gasteiger partial charge in [0.15, 0.2) is 12.4 Å². The number of aromatic nitrogens is 2. The SMILES string of the molecule is Cc1nn(Cc2ccccc2)c(C)c1C(=O)OCC(=O)c1ccc(N2CCCC2=O)cc1. The number of carbonyl (C=O) groups excluding carboxylic acids is 3. The number of anilines is 1. The smallest absolute Gasteiger partial charge is 0.342 e. The van der Waals surface area contributed by atoms with Gasteiger partial charge in [-0.1, -0.05) is 30.3 Å². The van der Waals surface area contributed by atoms with Gasteiger partial charge in [-0.05, 0) is 50.1 Å².